The van der Waals surface area contributed by atoms with E-state index >= 15 is 0 Å². The van der Waals surface area contributed by atoms with Gasteiger partial charge in [0.15, 0.2) is 0 Å². The molecule has 0 aromatic carbocycles. The molecular formula is C11H16O4. The Morgan fingerprint density at radius 2 is 1.73 bits per heavy atom. The molecule has 84 valence electrons. The molecule has 0 saturated heterocycles. The predicted molar refractivity (Wildman–Crippen MR) is 52.2 cm³/mol. The zero-order valence-corrected chi connectivity index (χ0v) is 8.91. The third kappa shape index (κ3) is 1.34. The zero-order chi connectivity index (χ0) is 11.1. The van der Waals surface area contributed by atoms with Gasteiger partial charge in [0.05, 0.1) is 17.9 Å². The lowest BCUT2D eigenvalue weighted by molar-refractivity contribution is -0.158. The Morgan fingerprint density at radius 3 is 2.33 bits per heavy atom. The lowest BCUT2D eigenvalue weighted by atomic mass is 9.69. The van der Waals surface area contributed by atoms with E-state index in [1.807, 2.05) is 0 Å². The molecule has 0 aliphatic heterocycles. The van der Waals surface area contributed by atoms with Gasteiger partial charge in [0.1, 0.15) is 0 Å². The van der Waals surface area contributed by atoms with E-state index in [1.165, 1.54) is 7.11 Å². The molecular weight excluding hydrogens is 196 g/mol. The molecule has 0 heterocycles. The van der Waals surface area contributed by atoms with Crippen molar-refractivity contribution in [3.63, 3.8) is 0 Å². The molecule has 0 spiro atoms. The predicted octanol–water partition coefficient (Wildman–Crippen LogP) is 1.58. The van der Waals surface area contributed by atoms with Gasteiger partial charge in [-0.2, -0.15) is 0 Å². The first kappa shape index (κ1) is 10.5. The molecule has 0 amide bonds. The summed E-state index contributed by atoms with van der Waals surface area (Å²) in [5.41, 5.74) is -1.14. The summed E-state index contributed by atoms with van der Waals surface area (Å²) in [5, 5.41) is 9.23. The number of esters is 1. The third-order valence-corrected chi connectivity index (χ3v) is 4.14. The van der Waals surface area contributed by atoms with Crippen molar-refractivity contribution in [1.82, 2.24) is 0 Å². The maximum Gasteiger partial charge on any atom is 0.311 e. The molecule has 4 nitrogen and oxygen atoms in total. The smallest absolute Gasteiger partial charge is 0.311 e. The lowest BCUT2D eigenvalue weighted by Crippen LogP contribution is -2.38. The van der Waals surface area contributed by atoms with Crippen molar-refractivity contribution in [3.8, 4) is 0 Å². The number of hydrogen-bond acceptors (Lipinski definition) is 3. The number of rotatable bonds is 2. The SMILES string of the molecule is COC(=O)C12CCCC(C(=O)O)(CC1)C2. The highest BCUT2D eigenvalue weighted by Gasteiger charge is 2.58. The number of carbonyl (C=O) groups excluding carboxylic acids is 1. The van der Waals surface area contributed by atoms with Gasteiger partial charge in [0, 0.05) is 0 Å². The van der Waals surface area contributed by atoms with Gasteiger partial charge in [-0.1, -0.05) is 6.42 Å². The third-order valence-electron chi connectivity index (χ3n) is 4.14. The standard InChI is InChI=1S/C11H16O4/c1-15-9(14)11-4-2-3-10(7-11,5-6-11)8(12)13/h2-7H2,1H3,(H,12,13). The van der Waals surface area contributed by atoms with E-state index in [-0.39, 0.29) is 5.97 Å². The van der Waals surface area contributed by atoms with Crippen LogP contribution < -0.4 is 0 Å². The molecule has 1 N–H and O–H groups in total. The Kier molecular flexibility index (Phi) is 2.24. The summed E-state index contributed by atoms with van der Waals surface area (Å²) in [6, 6.07) is 0. The van der Waals surface area contributed by atoms with Gasteiger partial charge in [0.25, 0.3) is 0 Å². The number of ether oxygens (including phenoxy) is 1. The summed E-state index contributed by atoms with van der Waals surface area (Å²) in [5.74, 6) is -0.960. The minimum absolute atomic E-state index is 0.217. The van der Waals surface area contributed by atoms with E-state index in [9.17, 15) is 14.7 Å². The molecule has 2 atom stereocenters. The fourth-order valence-electron chi connectivity index (χ4n) is 3.28. The quantitative estimate of drug-likeness (QED) is 0.706. The van der Waals surface area contributed by atoms with Crippen LogP contribution >= 0.6 is 0 Å². The van der Waals surface area contributed by atoms with Crippen LogP contribution in [-0.2, 0) is 14.3 Å². The maximum atomic E-state index is 11.7. The Bertz CT molecular complexity index is 312. The van der Waals surface area contributed by atoms with Crippen molar-refractivity contribution in [2.75, 3.05) is 7.11 Å². The van der Waals surface area contributed by atoms with E-state index in [4.69, 9.17) is 4.74 Å². The van der Waals surface area contributed by atoms with Crippen molar-refractivity contribution in [1.29, 1.82) is 0 Å². The first-order valence-electron chi connectivity index (χ1n) is 5.37. The Labute approximate surface area is 88.6 Å². The van der Waals surface area contributed by atoms with E-state index in [0.717, 1.165) is 12.8 Å². The molecule has 0 aromatic rings. The highest BCUT2D eigenvalue weighted by atomic mass is 16.5. The van der Waals surface area contributed by atoms with Gasteiger partial charge >= 0.3 is 11.9 Å². The van der Waals surface area contributed by atoms with E-state index in [1.54, 1.807) is 0 Å². The Morgan fingerprint density at radius 1 is 1.13 bits per heavy atom. The highest BCUT2D eigenvalue weighted by Crippen LogP contribution is 2.59. The molecule has 0 radical (unpaired) electrons. The first-order chi connectivity index (χ1) is 7.05. The molecule has 2 bridgehead atoms. The zero-order valence-electron chi connectivity index (χ0n) is 8.91. The molecule has 2 fully saturated rings. The minimum Gasteiger partial charge on any atom is -0.481 e. The van der Waals surface area contributed by atoms with Gasteiger partial charge in [-0.15, -0.1) is 0 Å². The number of fused-ring (bicyclic) bond motifs is 2. The van der Waals surface area contributed by atoms with Crippen LogP contribution in [0.4, 0.5) is 0 Å². The minimum atomic E-state index is -0.743. The van der Waals surface area contributed by atoms with Crippen LogP contribution in [0.3, 0.4) is 0 Å². The molecule has 2 unspecified atom stereocenters. The van der Waals surface area contributed by atoms with Crippen molar-refractivity contribution in [2.45, 2.75) is 38.5 Å². The first-order valence-corrected chi connectivity index (χ1v) is 5.37. The molecule has 2 saturated carbocycles. The number of carboxylic acids is 1. The summed E-state index contributed by atoms with van der Waals surface area (Å²) >= 11 is 0. The van der Waals surface area contributed by atoms with Crippen molar-refractivity contribution in [3.05, 3.63) is 0 Å². The average molecular weight is 212 g/mol. The molecule has 2 rings (SSSR count). The summed E-state index contributed by atoms with van der Waals surface area (Å²) < 4.78 is 4.80. The normalized spacial score (nSPS) is 38.7. The fourth-order valence-corrected chi connectivity index (χ4v) is 3.28. The van der Waals surface area contributed by atoms with Crippen LogP contribution in [-0.4, -0.2) is 24.2 Å². The van der Waals surface area contributed by atoms with Crippen LogP contribution in [0, 0.1) is 10.8 Å². The number of aliphatic carboxylic acids is 1. The van der Waals surface area contributed by atoms with Crippen LogP contribution in [0.5, 0.6) is 0 Å². The van der Waals surface area contributed by atoms with Crippen molar-refractivity contribution in [2.24, 2.45) is 10.8 Å². The van der Waals surface area contributed by atoms with Crippen LogP contribution in [0.15, 0.2) is 0 Å². The maximum absolute atomic E-state index is 11.7. The van der Waals surface area contributed by atoms with Crippen LogP contribution in [0.2, 0.25) is 0 Å². The average Bonchev–Trinajstić information content (AvgIpc) is 2.52. The summed E-state index contributed by atoms with van der Waals surface area (Å²) in [7, 11) is 1.38. The molecule has 2 aliphatic rings. The summed E-state index contributed by atoms with van der Waals surface area (Å²) in [6.45, 7) is 0. The molecule has 0 aromatic heterocycles. The summed E-state index contributed by atoms with van der Waals surface area (Å²) in [6.07, 6.45) is 4.09. The van der Waals surface area contributed by atoms with Crippen molar-refractivity contribution >= 4 is 11.9 Å². The monoisotopic (exact) mass is 212 g/mol. The second-order valence-electron chi connectivity index (χ2n) is 4.89. The van der Waals surface area contributed by atoms with Gasteiger partial charge in [-0.25, -0.2) is 0 Å². The van der Waals surface area contributed by atoms with E-state index in [2.05, 4.69) is 0 Å². The van der Waals surface area contributed by atoms with Gasteiger partial charge in [-0.05, 0) is 32.1 Å². The number of methoxy groups -OCH3 is 1. The lowest BCUT2D eigenvalue weighted by Gasteiger charge is -2.34. The largest absolute Gasteiger partial charge is 0.481 e. The van der Waals surface area contributed by atoms with Gasteiger partial charge in [0.2, 0.25) is 0 Å². The molecule has 2 aliphatic carbocycles. The number of hydrogen-bond donors (Lipinski definition) is 1. The van der Waals surface area contributed by atoms with E-state index in [0.29, 0.717) is 25.7 Å². The molecule has 4 heteroatoms. The van der Waals surface area contributed by atoms with Crippen LogP contribution in [0.1, 0.15) is 38.5 Å². The van der Waals surface area contributed by atoms with Gasteiger partial charge in [-0.3, -0.25) is 9.59 Å². The Hall–Kier alpha value is -1.06. The second kappa shape index (κ2) is 3.22. The van der Waals surface area contributed by atoms with Crippen LogP contribution in [0.25, 0.3) is 0 Å². The topological polar surface area (TPSA) is 63.6 Å². The van der Waals surface area contributed by atoms with Crippen molar-refractivity contribution < 1.29 is 19.4 Å². The highest BCUT2D eigenvalue weighted by molar-refractivity contribution is 5.82. The Balaban J connectivity index is 2.27. The summed E-state index contributed by atoms with van der Waals surface area (Å²) in [4.78, 5) is 22.9. The fraction of sp³-hybridized carbons (Fsp3) is 0.818. The molecule has 15 heavy (non-hydrogen) atoms. The number of carbonyl (C=O) groups is 2. The van der Waals surface area contributed by atoms with E-state index < -0.39 is 16.8 Å². The second-order valence-corrected chi connectivity index (χ2v) is 4.89. The van der Waals surface area contributed by atoms with Gasteiger partial charge < -0.3 is 9.84 Å². The number of carboxylic acid groups (broad SMARTS) is 1.